The van der Waals surface area contributed by atoms with Crippen molar-refractivity contribution in [2.75, 3.05) is 39.6 Å². The van der Waals surface area contributed by atoms with E-state index >= 15 is 0 Å². The first-order valence-corrected chi connectivity index (χ1v) is 41.7. The van der Waals surface area contributed by atoms with Crippen molar-refractivity contribution in [2.24, 2.45) is 0 Å². The molecule has 0 rings (SSSR count). The summed E-state index contributed by atoms with van der Waals surface area (Å²) in [5.74, 6) is -2.29. The molecule has 17 nitrogen and oxygen atoms in total. The van der Waals surface area contributed by atoms with Gasteiger partial charge in [-0.05, 0) is 161 Å². The highest BCUT2D eigenvalue weighted by Crippen LogP contribution is 2.45. The summed E-state index contributed by atoms with van der Waals surface area (Å²) in [7, 11) is -9.99. The molecule has 19 heteroatoms. The maximum atomic E-state index is 13.1. The van der Waals surface area contributed by atoms with E-state index in [4.69, 9.17) is 37.0 Å². The van der Waals surface area contributed by atoms with E-state index in [9.17, 15) is 43.2 Å². The van der Waals surface area contributed by atoms with Crippen LogP contribution in [0.2, 0.25) is 0 Å². The largest absolute Gasteiger partial charge is 0.472 e. The number of unbranched alkanes of at least 4 members (excludes halogenated alkanes) is 19. The minimum Gasteiger partial charge on any atom is -0.462 e. The molecule has 0 aliphatic carbocycles. The Balaban J connectivity index is 5.44. The summed E-state index contributed by atoms with van der Waals surface area (Å²) >= 11 is 0. The van der Waals surface area contributed by atoms with Crippen molar-refractivity contribution in [1.29, 1.82) is 0 Å². The van der Waals surface area contributed by atoms with Gasteiger partial charge < -0.3 is 33.8 Å². The highest BCUT2D eigenvalue weighted by atomic mass is 31.2. The Morgan fingerprint density at radius 3 is 0.843 bits per heavy atom. The number of allylic oxidation sites excluding steroid dienone is 26. The molecule has 0 amide bonds. The van der Waals surface area contributed by atoms with E-state index in [1.165, 1.54) is 12.8 Å². The number of aliphatic hydroxyl groups excluding tert-OH is 1. The van der Waals surface area contributed by atoms with Crippen LogP contribution in [-0.2, 0) is 65.4 Å². The first-order chi connectivity index (χ1) is 49.7. The molecule has 0 saturated heterocycles. The Morgan fingerprint density at radius 1 is 0.284 bits per heavy atom. The third-order valence-corrected chi connectivity index (χ3v) is 17.3. The molecule has 0 aliphatic heterocycles. The molecule has 0 heterocycles. The molecule has 0 spiro atoms. The molecule has 0 aromatic carbocycles. The molecule has 580 valence electrons. The van der Waals surface area contributed by atoms with Gasteiger partial charge in [-0.2, -0.15) is 0 Å². The number of esters is 4. The SMILES string of the molecule is CC/C=C\C/C=C\C/C=C\C/C=C\C/C=C\CCCCCC(=O)OCC(COP(=O)(O)OCC(O)COP(=O)(O)OCC(COC(=O)CCCCCCC/C=C\C/C=C\CCC)OC(=O)CCCCCCC/C=C\CCCC)OC(=O)CCCCC/C=C\C/C=C\C/C=C\C/C=C\C/C=C\CC. The molecule has 5 unspecified atom stereocenters. The van der Waals surface area contributed by atoms with Crippen LogP contribution in [0.25, 0.3) is 0 Å². The Labute approximate surface area is 617 Å². The normalized spacial score (nSPS) is 14.8. The zero-order valence-electron chi connectivity index (χ0n) is 63.2. The van der Waals surface area contributed by atoms with Crippen molar-refractivity contribution < 1.29 is 80.2 Å². The number of ether oxygens (including phenoxy) is 4. The summed E-state index contributed by atoms with van der Waals surface area (Å²) in [6.07, 6.45) is 85.2. The van der Waals surface area contributed by atoms with E-state index in [1.807, 2.05) is 0 Å². The number of phosphoric acid groups is 2. The Morgan fingerprint density at radius 2 is 0.529 bits per heavy atom. The number of hydrogen-bond donors (Lipinski definition) is 3. The van der Waals surface area contributed by atoms with Gasteiger partial charge in [0.25, 0.3) is 0 Å². The smallest absolute Gasteiger partial charge is 0.462 e. The fraction of sp³-hybridized carbons (Fsp3) is 0.639. The molecule has 0 bridgehead atoms. The Bertz CT molecular complexity index is 2550. The van der Waals surface area contributed by atoms with Gasteiger partial charge in [0.2, 0.25) is 0 Å². The zero-order valence-corrected chi connectivity index (χ0v) is 65.0. The summed E-state index contributed by atoms with van der Waals surface area (Å²) in [6.45, 7) is 4.42. The van der Waals surface area contributed by atoms with Gasteiger partial charge in [0.1, 0.15) is 19.3 Å². The van der Waals surface area contributed by atoms with E-state index < -0.39 is 97.5 Å². The standard InChI is InChI=1S/C83H136O17P2/c1-5-9-13-17-21-25-29-32-34-36-38-40-42-45-49-52-56-60-64-68-81(86)94-74-79(100-83(88)70-66-62-58-54-50-46-43-41-39-37-35-33-30-26-22-18-14-10-6-2)76-98-102(91,92)96-72-77(84)71-95-101(89,90)97-75-78(99-82(87)69-65-61-57-53-47-28-24-20-16-12-8-4)73-93-80(85)67-63-59-55-51-48-44-31-27-23-19-15-11-7-3/h9-10,13-15,19-22,24-27,31-35,38-41,45-46,49-50,77-79,84H,5-8,11-12,16-18,23,28-30,36-37,42-44,47-48,51-76H2,1-4H3,(H,89,90)(H,91,92)/b13-9-,14-10-,19-15-,24-20-,25-21-,26-22-,31-27-,34-32-,35-33-,40-38-,41-39-,49-45-,50-46-. The lowest BCUT2D eigenvalue weighted by Crippen LogP contribution is -2.30. The molecule has 0 aromatic rings. The van der Waals surface area contributed by atoms with Gasteiger partial charge in [0, 0.05) is 25.7 Å². The first kappa shape index (κ1) is 96.7. The summed E-state index contributed by atoms with van der Waals surface area (Å²) < 4.78 is 68.4. The van der Waals surface area contributed by atoms with Crippen LogP contribution in [0.4, 0.5) is 0 Å². The van der Waals surface area contributed by atoms with E-state index in [2.05, 4.69) is 186 Å². The van der Waals surface area contributed by atoms with Crippen LogP contribution >= 0.6 is 15.6 Å². The van der Waals surface area contributed by atoms with Gasteiger partial charge >= 0.3 is 39.5 Å². The molecule has 0 aromatic heterocycles. The Kier molecular flexibility index (Phi) is 70.1. The Hall–Kier alpha value is -5.32. The molecule has 5 atom stereocenters. The van der Waals surface area contributed by atoms with Crippen molar-refractivity contribution in [2.45, 2.75) is 303 Å². The van der Waals surface area contributed by atoms with E-state index in [-0.39, 0.29) is 25.7 Å². The lowest BCUT2D eigenvalue weighted by molar-refractivity contribution is -0.161. The van der Waals surface area contributed by atoms with Crippen molar-refractivity contribution in [3.05, 3.63) is 158 Å². The van der Waals surface area contributed by atoms with Crippen LogP contribution in [0.15, 0.2) is 158 Å². The monoisotopic (exact) mass is 1470 g/mol. The quantitative estimate of drug-likeness (QED) is 0.0169. The highest BCUT2D eigenvalue weighted by Gasteiger charge is 2.30. The van der Waals surface area contributed by atoms with E-state index in [0.29, 0.717) is 25.7 Å². The minimum absolute atomic E-state index is 0.0420. The van der Waals surface area contributed by atoms with Gasteiger partial charge in [0.15, 0.2) is 12.2 Å². The average Bonchev–Trinajstić information content (AvgIpc) is 0.940. The lowest BCUT2D eigenvalue weighted by atomic mass is 10.1. The molecule has 0 aliphatic rings. The van der Waals surface area contributed by atoms with E-state index in [1.54, 1.807) is 0 Å². The second-order valence-electron chi connectivity index (χ2n) is 25.2. The van der Waals surface area contributed by atoms with Gasteiger partial charge in [-0.15, -0.1) is 0 Å². The van der Waals surface area contributed by atoms with Crippen LogP contribution in [0.5, 0.6) is 0 Å². The van der Waals surface area contributed by atoms with Crippen molar-refractivity contribution in [3.63, 3.8) is 0 Å². The third-order valence-electron chi connectivity index (χ3n) is 15.4. The first-order valence-electron chi connectivity index (χ1n) is 38.7. The molecule has 0 saturated carbocycles. The highest BCUT2D eigenvalue weighted by molar-refractivity contribution is 7.47. The number of phosphoric ester groups is 2. The topological polar surface area (TPSA) is 237 Å². The van der Waals surface area contributed by atoms with Crippen LogP contribution in [0.1, 0.15) is 285 Å². The van der Waals surface area contributed by atoms with Gasteiger partial charge in [0.05, 0.1) is 26.4 Å². The second kappa shape index (κ2) is 74.0. The summed E-state index contributed by atoms with van der Waals surface area (Å²) in [4.78, 5) is 72.9. The predicted molar refractivity (Wildman–Crippen MR) is 417 cm³/mol. The zero-order chi connectivity index (χ0) is 74.6. The van der Waals surface area contributed by atoms with Crippen molar-refractivity contribution in [1.82, 2.24) is 0 Å². The van der Waals surface area contributed by atoms with Crippen LogP contribution < -0.4 is 0 Å². The summed E-state index contributed by atoms with van der Waals surface area (Å²) in [5.41, 5.74) is 0. The minimum atomic E-state index is -5.00. The van der Waals surface area contributed by atoms with Crippen molar-refractivity contribution in [3.8, 4) is 0 Å². The molecule has 0 fully saturated rings. The number of aliphatic hydroxyl groups is 1. The van der Waals surface area contributed by atoms with Crippen LogP contribution in [-0.4, -0.2) is 96.7 Å². The molecule has 102 heavy (non-hydrogen) atoms. The van der Waals surface area contributed by atoms with Gasteiger partial charge in [-0.1, -0.05) is 256 Å². The number of carbonyl (C=O) groups excluding carboxylic acids is 4. The lowest BCUT2D eigenvalue weighted by Gasteiger charge is -2.21. The summed E-state index contributed by atoms with van der Waals surface area (Å²) in [5, 5.41) is 10.6. The fourth-order valence-corrected chi connectivity index (χ4v) is 11.2. The van der Waals surface area contributed by atoms with Crippen LogP contribution in [0.3, 0.4) is 0 Å². The van der Waals surface area contributed by atoms with Gasteiger partial charge in [-0.3, -0.25) is 37.3 Å². The summed E-state index contributed by atoms with van der Waals surface area (Å²) in [6, 6.07) is 0. The predicted octanol–water partition coefficient (Wildman–Crippen LogP) is 22.4. The third kappa shape index (κ3) is 73.0. The molecule has 3 N–H and O–H groups in total. The molecule has 0 radical (unpaired) electrons. The average molecular weight is 1470 g/mol. The van der Waals surface area contributed by atoms with Crippen molar-refractivity contribution >= 4 is 39.5 Å². The molecular formula is C83H136O17P2. The number of rotatable bonds is 71. The number of carbonyl (C=O) groups is 4. The number of hydrogen-bond acceptors (Lipinski definition) is 15. The van der Waals surface area contributed by atoms with Gasteiger partial charge in [-0.25, -0.2) is 9.13 Å². The maximum Gasteiger partial charge on any atom is 0.472 e. The molecular weight excluding hydrogens is 1330 g/mol. The van der Waals surface area contributed by atoms with Crippen LogP contribution in [0, 0.1) is 0 Å². The second-order valence-corrected chi connectivity index (χ2v) is 28.1. The maximum absolute atomic E-state index is 13.1. The van der Waals surface area contributed by atoms with E-state index in [0.717, 1.165) is 193 Å². The fourth-order valence-electron chi connectivity index (χ4n) is 9.58.